The van der Waals surface area contributed by atoms with Crippen molar-refractivity contribution in [3.8, 4) is 5.75 Å². The van der Waals surface area contributed by atoms with Crippen molar-refractivity contribution in [3.63, 3.8) is 0 Å². The van der Waals surface area contributed by atoms with Gasteiger partial charge >= 0.3 is 0 Å². The first-order valence-electron chi connectivity index (χ1n) is 7.59. The number of rotatable bonds is 6. The fourth-order valence-electron chi connectivity index (χ4n) is 2.37. The van der Waals surface area contributed by atoms with E-state index in [-0.39, 0.29) is 24.5 Å². The Morgan fingerprint density at radius 2 is 2.00 bits per heavy atom. The number of thiazole rings is 1. The molecule has 0 bridgehead atoms. The third-order valence-electron chi connectivity index (χ3n) is 3.58. The first kappa shape index (κ1) is 17.4. The van der Waals surface area contributed by atoms with Crippen LogP contribution in [0.15, 0.2) is 42.5 Å². The minimum absolute atomic E-state index is 0.0769. The summed E-state index contributed by atoms with van der Waals surface area (Å²) in [4.78, 5) is 28.7. The SMILES string of the molecule is COc1ccccc1C(=O)CCC(=O)Nc1nc2ccc(Cl)cc2s1. The number of anilines is 1. The number of benzene rings is 2. The van der Waals surface area contributed by atoms with Gasteiger partial charge in [-0.2, -0.15) is 0 Å². The van der Waals surface area contributed by atoms with Gasteiger partial charge in [-0.15, -0.1) is 0 Å². The van der Waals surface area contributed by atoms with Crippen LogP contribution in [0.3, 0.4) is 0 Å². The third-order valence-corrected chi connectivity index (χ3v) is 4.75. The summed E-state index contributed by atoms with van der Waals surface area (Å²) in [5.41, 5.74) is 1.25. The van der Waals surface area contributed by atoms with E-state index in [0.717, 1.165) is 10.2 Å². The highest BCUT2D eigenvalue weighted by Gasteiger charge is 2.14. The van der Waals surface area contributed by atoms with Crippen LogP contribution >= 0.6 is 22.9 Å². The van der Waals surface area contributed by atoms with E-state index in [1.165, 1.54) is 18.4 Å². The number of amides is 1. The van der Waals surface area contributed by atoms with E-state index >= 15 is 0 Å². The normalized spacial score (nSPS) is 10.6. The molecule has 0 radical (unpaired) electrons. The topological polar surface area (TPSA) is 68.3 Å². The molecule has 0 aliphatic carbocycles. The standard InChI is InChI=1S/C18H15ClN2O3S/c1-24-15-5-3-2-4-12(15)14(22)8-9-17(23)21-18-20-13-7-6-11(19)10-16(13)25-18/h2-7,10H,8-9H2,1H3,(H,20,21,23). The summed E-state index contributed by atoms with van der Waals surface area (Å²) in [6.45, 7) is 0. The van der Waals surface area contributed by atoms with Gasteiger partial charge in [-0.1, -0.05) is 35.1 Å². The van der Waals surface area contributed by atoms with Gasteiger partial charge in [0.25, 0.3) is 0 Å². The Morgan fingerprint density at radius 1 is 1.20 bits per heavy atom. The Balaban J connectivity index is 1.61. The van der Waals surface area contributed by atoms with Crippen molar-refractivity contribution in [2.75, 3.05) is 12.4 Å². The maximum Gasteiger partial charge on any atom is 0.226 e. The monoisotopic (exact) mass is 374 g/mol. The zero-order chi connectivity index (χ0) is 17.8. The molecule has 7 heteroatoms. The van der Waals surface area contributed by atoms with Crippen LogP contribution in [0.2, 0.25) is 5.02 Å². The predicted octanol–water partition coefficient (Wildman–Crippen LogP) is 4.56. The van der Waals surface area contributed by atoms with E-state index in [2.05, 4.69) is 10.3 Å². The van der Waals surface area contributed by atoms with E-state index in [0.29, 0.717) is 21.5 Å². The zero-order valence-electron chi connectivity index (χ0n) is 13.4. The third kappa shape index (κ3) is 4.15. The van der Waals surface area contributed by atoms with E-state index in [9.17, 15) is 9.59 Å². The van der Waals surface area contributed by atoms with Gasteiger partial charge in [0.15, 0.2) is 10.9 Å². The number of hydrogen-bond donors (Lipinski definition) is 1. The lowest BCUT2D eigenvalue weighted by Gasteiger charge is -2.07. The van der Waals surface area contributed by atoms with Crippen LogP contribution in [0.25, 0.3) is 10.2 Å². The highest BCUT2D eigenvalue weighted by molar-refractivity contribution is 7.22. The van der Waals surface area contributed by atoms with Crippen LogP contribution in [0.4, 0.5) is 5.13 Å². The van der Waals surface area contributed by atoms with Crippen LogP contribution in [-0.2, 0) is 4.79 Å². The molecule has 25 heavy (non-hydrogen) atoms. The highest BCUT2D eigenvalue weighted by atomic mass is 35.5. The van der Waals surface area contributed by atoms with Crippen molar-refractivity contribution in [3.05, 3.63) is 53.1 Å². The number of nitrogens with zero attached hydrogens (tertiary/aromatic N) is 1. The second-order valence-corrected chi connectivity index (χ2v) is 6.77. The number of nitrogens with one attached hydrogen (secondary N) is 1. The first-order chi connectivity index (χ1) is 12.1. The number of para-hydroxylation sites is 1. The van der Waals surface area contributed by atoms with Crippen molar-refractivity contribution in [1.29, 1.82) is 0 Å². The van der Waals surface area contributed by atoms with Crippen LogP contribution in [-0.4, -0.2) is 23.8 Å². The quantitative estimate of drug-likeness (QED) is 0.642. The van der Waals surface area contributed by atoms with Crippen molar-refractivity contribution in [2.24, 2.45) is 0 Å². The van der Waals surface area contributed by atoms with Crippen LogP contribution in [0, 0.1) is 0 Å². The predicted molar refractivity (Wildman–Crippen MR) is 99.8 cm³/mol. The number of aromatic nitrogens is 1. The lowest BCUT2D eigenvalue weighted by molar-refractivity contribution is -0.116. The van der Waals surface area contributed by atoms with E-state index in [4.69, 9.17) is 16.3 Å². The molecule has 0 aliphatic heterocycles. The molecule has 0 atom stereocenters. The van der Waals surface area contributed by atoms with Crippen molar-refractivity contribution in [1.82, 2.24) is 4.98 Å². The molecule has 0 spiro atoms. The number of carbonyl (C=O) groups excluding carboxylic acids is 2. The largest absolute Gasteiger partial charge is 0.496 e. The van der Waals surface area contributed by atoms with Crippen molar-refractivity contribution >= 4 is 50.0 Å². The Labute approximate surface area is 153 Å². The van der Waals surface area contributed by atoms with Gasteiger partial charge in [-0.05, 0) is 30.3 Å². The number of carbonyl (C=O) groups is 2. The van der Waals surface area contributed by atoms with Gasteiger partial charge in [0.2, 0.25) is 5.91 Å². The maximum atomic E-state index is 12.3. The first-order valence-corrected chi connectivity index (χ1v) is 8.78. The molecule has 5 nitrogen and oxygen atoms in total. The molecule has 1 heterocycles. The summed E-state index contributed by atoms with van der Waals surface area (Å²) in [7, 11) is 1.51. The number of ether oxygens (including phenoxy) is 1. The molecule has 0 fully saturated rings. The summed E-state index contributed by atoms with van der Waals surface area (Å²) < 4.78 is 6.07. The molecule has 3 aromatic rings. The van der Waals surface area contributed by atoms with Gasteiger partial charge < -0.3 is 10.1 Å². The average molecular weight is 375 g/mol. The second kappa shape index (κ2) is 7.63. The minimum Gasteiger partial charge on any atom is -0.496 e. The molecule has 0 aliphatic rings. The van der Waals surface area contributed by atoms with Gasteiger partial charge in [0, 0.05) is 17.9 Å². The molecule has 0 saturated heterocycles. The van der Waals surface area contributed by atoms with E-state index < -0.39 is 0 Å². The van der Waals surface area contributed by atoms with Crippen molar-refractivity contribution < 1.29 is 14.3 Å². The Bertz CT molecular complexity index is 939. The molecule has 1 aromatic heterocycles. The highest BCUT2D eigenvalue weighted by Crippen LogP contribution is 2.28. The van der Waals surface area contributed by atoms with Crippen LogP contribution < -0.4 is 10.1 Å². The number of hydrogen-bond acceptors (Lipinski definition) is 5. The molecule has 128 valence electrons. The summed E-state index contributed by atoms with van der Waals surface area (Å²) in [5.74, 6) is 0.119. The van der Waals surface area contributed by atoms with Crippen LogP contribution in [0.1, 0.15) is 23.2 Å². The smallest absolute Gasteiger partial charge is 0.226 e. The molecular formula is C18H15ClN2O3S. The van der Waals surface area contributed by atoms with Gasteiger partial charge in [-0.25, -0.2) is 4.98 Å². The Morgan fingerprint density at radius 3 is 2.80 bits per heavy atom. The maximum absolute atomic E-state index is 12.3. The number of ketones is 1. The van der Waals surface area contributed by atoms with Crippen LogP contribution in [0.5, 0.6) is 5.75 Å². The Kier molecular flexibility index (Phi) is 5.31. The van der Waals surface area contributed by atoms with Gasteiger partial charge in [-0.3, -0.25) is 9.59 Å². The molecule has 0 saturated carbocycles. The van der Waals surface area contributed by atoms with Crippen molar-refractivity contribution in [2.45, 2.75) is 12.8 Å². The molecular weight excluding hydrogens is 360 g/mol. The number of methoxy groups -OCH3 is 1. The molecule has 0 unspecified atom stereocenters. The number of halogens is 1. The second-order valence-electron chi connectivity index (χ2n) is 5.30. The molecule has 2 aromatic carbocycles. The lowest BCUT2D eigenvalue weighted by atomic mass is 10.1. The van der Waals surface area contributed by atoms with E-state index in [1.54, 1.807) is 42.5 Å². The fraction of sp³-hybridized carbons (Fsp3) is 0.167. The average Bonchev–Trinajstić information content (AvgIpc) is 3.00. The fourth-order valence-corrected chi connectivity index (χ4v) is 3.53. The van der Waals surface area contributed by atoms with E-state index in [1.807, 2.05) is 0 Å². The molecule has 1 amide bonds. The number of fused-ring (bicyclic) bond motifs is 1. The summed E-state index contributed by atoms with van der Waals surface area (Å²) in [6.07, 6.45) is 0.177. The van der Waals surface area contributed by atoms with Gasteiger partial charge in [0.05, 0.1) is 22.9 Å². The zero-order valence-corrected chi connectivity index (χ0v) is 15.0. The summed E-state index contributed by atoms with van der Waals surface area (Å²) in [5, 5.41) is 3.84. The van der Waals surface area contributed by atoms with Gasteiger partial charge in [0.1, 0.15) is 5.75 Å². The summed E-state index contributed by atoms with van der Waals surface area (Å²) in [6, 6.07) is 12.3. The lowest BCUT2D eigenvalue weighted by Crippen LogP contribution is -2.13. The minimum atomic E-state index is -0.256. The Hall–Kier alpha value is -2.44. The molecule has 3 rings (SSSR count). The number of Topliss-reactive ketones (excluding diaryl/α,β-unsaturated/α-hetero) is 1. The summed E-state index contributed by atoms with van der Waals surface area (Å²) >= 11 is 7.29. The molecule has 1 N–H and O–H groups in total.